The van der Waals surface area contributed by atoms with E-state index < -0.39 is 45.8 Å². The molecule has 2 aliphatic heterocycles. The number of nitrogens with one attached hydrogen (secondary N) is 1. The molecule has 4 rings (SSSR count). The number of carbonyl (C=O) groups excluding carboxylic acids is 3. The molecule has 3 heterocycles. The van der Waals surface area contributed by atoms with E-state index >= 15 is 0 Å². The molecule has 0 saturated carbocycles. The third kappa shape index (κ3) is 3.99. The number of para-hydroxylation sites is 1. The largest absolute Gasteiger partial charge is 0.458 e. The Hall–Kier alpha value is -2.88. The molecule has 4 amide bonds. The summed E-state index contributed by atoms with van der Waals surface area (Å²) in [5.74, 6) is -0.703. The molecular weight excluding hydrogens is 434 g/mol. The molecule has 0 bridgehead atoms. The molecule has 10 heteroatoms. The summed E-state index contributed by atoms with van der Waals surface area (Å²) in [6, 6.07) is 7.83. The molecule has 9 nitrogen and oxygen atoms in total. The first kappa shape index (κ1) is 22.3. The fraction of sp³-hybridized carbons (Fsp3) is 0.500. The van der Waals surface area contributed by atoms with Crippen molar-refractivity contribution >= 4 is 38.7 Å². The van der Waals surface area contributed by atoms with Gasteiger partial charge in [-0.05, 0) is 31.4 Å². The molecule has 0 spiro atoms. The van der Waals surface area contributed by atoms with Crippen molar-refractivity contribution in [2.45, 2.75) is 38.8 Å². The molecule has 32 heavy (non-hydrogen) atoms. The van der Waals surface area contributed by atoms with E-state index in [9.17, 15) is 22.8 Å². The van der Waals surface area contributed by atoms with Crippen LogP contribution in [-0.2, 0) is 25.0 Å². The van der Waals surface area contributed by atoms with Crippen molar-refractivity contribution in [3.05, 3.63) is 36.1 Å². The highest BCUT2D eigenvalue weighted by atomic mass is 32.2. The Kier molecular flexibility index (Phi) is 5.52. The monoisotopic (exact) mass is 461 g/mol. The normalized spacial score (nSPS) is 25.0. The van der Waals surface area contributed by atoms with Crippen molar-refractivity contribution in [3.63, 3.8) is 0 Å². The van der Waals surface area contributed by atoms with Gasteiger partial charge in [-0.15, -0.1) is 0 Å². The number of sulfone groups is 1. The molecule has 1 aromatic heterocycles. The van der Waals surface area contributed by atoms with Gasteiger partial charge < -0.3 is 14.6 Å². The van der Waals surface area contributed by atoms with Gasteiger partial charge in [-0.1, -0.05) is 32.0 Å². The third-order valence-corrected chi connectivity index (χ3v) is 7.77. The van der Waals surface area contributed by atoms with Crippen LogP contribution < -0.4 is 5.32 Å². The maximum atomic E-state index is 13.2. The molecule has 172 valence electrons. The lowest BCUT2D eigenvalue weighted by molar-refractivity contribution is -0.140. The minimum atomic E-state index is -3.19. The average molecular weight is 462 g/mol. The van der Waals surface area contributed by atoms with Crippen molar-refractivity contribution in [3.8, 4) is 0 Å². The molecule has 1 N–H and O–H groups in total. The van der Waals surface area contributed by atoms with Gasteiger partial charge in [0.1, 0.15) is 17.9 Å². The van der Waals surface area contributed by atoms with Crippen molar-refractivity contribution in [1.82, 2.24) is 15.1 Å². The fourth-order valence-electron chi connectivity index (χ4n) is 4.33. The van der Waals surface area contributed by atoms with E-state index in [-0.39, 0.29) is 23.2 Å². The van der Waals surface area contributed by atoms with E-state index in [1.807, 2.05) is 32.0 Å². The van der Waals surface area contributed by atoms with Gasteiger partial charge in [0.15, 0.2) is 15.4 Å². The summed E-state index contributed by atoms with van der Waals surface area (Å²) in [5.41, 5.74) is -0.846. The maximum absolute atomic E-state index is 13.2. The lowest BCUT2D eigenvalue weighted by Crippen LogP contribution is -2.49. The number of rotatable bonds is 6. The average Bonchev–Trinajstić information content (AvgIpc) is 3.37. The minimum Gasteiger partial charge on any atom is -0.458 e. The van der Waals surface area contributed by atoms with Crippen molar-refractivity contribution < 1.29 is 27.2 Å². The number of hydrogen-bond donors (Lipinski definition) is 1. The number of benzene rings is 1. The lowest BCUT2D eigenvalue weighted by Gasteiger charge is -2.31. The molecule has 2 saturated heterocycles. The molecule has 0 radical (unpaired) electrons. The quantitative estimate of drug-likeness (QED) is 0.657. The molecule has 2 aliphatic rings. The second kappa shape index (κ2) is 7.91. The molecule has 1 aromatic carbocycles. The van der Waals surface area contributed by atoms with Crippen LogP contribution in [0.2, 0.25) is 0 Å². The van der Waals surface area contributed by atoms with E-state index in [4.69, 9.17) is 4.42 Å². The first-order valence-electron chi connectivity index (χ1n) is 10.6. The van der Waals surface area contributed by atoms with E-state index in [2.05, 4.69) is 5.32 Å². The number of furan rings is 1. The molecule has 0 aliphatic carbocycles. The van der Waals surface area contributed by atoms with Crippen LogP contribution >= 0.6 is 0 Å². The molecule has 2 aromatic rings. The topological polar surface area (TPSA) is 117 Å². The summed E-state index contributed by atoms with van der Waals surface area (Å²) in [7, 11) is -3.19. The van der Waals surface area contributed by atoms with E-state index in [1.165, 1.54) is 4.90 Å². The van der Waals surface area contributed by atoms with Gasteiger partial charge in [0.2, 0.25) is 5.91 Å². The van der Waals surface area contributed by atoms with Gasteiger partial charge in [-0.2, -0.15) is 0 Å². The van der Waals surface area contributed by atoms with Crippen LogP contribution in [0.15, 0.2) is 34.7 Å². The Balaban J connectivity index is 1.56. The SMILES string of the molecule is CC(C)CN(C(=O)CN1C(=O)NC(C)(c2cc3ccccc3o2)C1=O)C1CCS(=O)(=O)C1. The van der Waals surface area contributed by atoms with Crippen LogP contribution in [0.1, 0.15) is 33.0 Å². The van der Waals surface area contributed by atoms with E-state index in [0.717, 1.165) is 10.3 Å². The van der Waals surface area contributed by atoms with Gasteiger partial charge in [-0.3, -0.25) is 14.5 Å². The van der Waals surface area contributed by atoms with Crippen LogP contribution in [0.3, 0.4) is 0 Å². The lowest BCUT2D eigenvalue weighted by atomic mass is 9.99. The summed E-state index contributed by atoms with van der Waals surface area (Å²) in [6.45, 7) is 5.30. The molecule has 2 atom stereocenters. The zero-order valence-electron chi connectivity index (χ0n) is 18.3. The second-order valence-electron chi connectivity index (χ2n) is 9.09. The number of hydrogen-bond acceptors (Lipinski definition) is 6. The predicted molar refractivity (Wildman–Crippen MR) is 117 cm³/mol. The van der Waals surface area contributed by atoms with Gasteiger partial charge in [0.25, 0.3) is 5.91 Å². The molecular formula is C22H27N3O6S. The van der Waals surface area contributed by atoms with Crippen LogP contribution in [0, 0.1) is 5.92 Å². The Morgan fingerprint density at radius 1 is 1.31 bits per heavy atom. The Bertz CT molecular complexity index is 1150. The number of carbonyl (C=O) groups is 3. The number of nitrogens with zero attached hydrogens (tertiary/aromatic N) is 2. The Labute approximate surface area is 186 Å². The maximum Gasteiger partial charge on any atom is 0.325 e. The Morgan fingerprint density at radius 3 is 2.66 bits per heavy atom. The number of urea groups is 1. The molecule has 2 unspecified atom stereocenters. The van der Waals surface area contributed by atoms with Gasteiger partial charge in [0.05, 0.1) is 11.5 Å². The standard InChI is InChI=1S/C22H27N3O6S/c1-14(2)11-24(16-8-9-32(29,30)13-16)19(26)12-25-20(27)22(3,23-21(25)28)18-10-15-6-4-5-7-17(15)31-18/h4-7,10,14,16H,8-9,11-13H2,1-3H3,(H,23,28). The van der Waals surface area contributed by atoms with Gasteiger partial charge in [0, 0.05) is 18.0 Å². The first-order valence-corrected chi connectivity index (χ1v) is 12.5. The number of amides is 4. The van der Waals surface area contributed by atoms with E-state index in [0.29, 0.717) is 18.5 Å². The second-order valence-corrected chi connectivity index (χ2v) is 11.3. The van der Waals surface area contributed by atoms with Crippen LogP contribution in [0.4, 0.5) is 4.79 Å². The van der Waals surface area contributed by atoms with Crippen LogP contribution in [0.5, 0.6) is 0 Å². The van der Waals surface area contributed by atoms with E-state index in [1.54, 1.807) is 19.1 Å². The van der Waals surface area contributed by atoms with Crippen LogP contribution in [-0.4, -0.2) is 66.7 Å². The number of imide groups is 1. The first-order chi connectivity index (χ1) is 15.0. The third-order valence-electron chi connectivity index (χ3n) is 6.02. The van der Waals surface area contributed by atoms with Crippen molar-refractivity contribution in [1.29, 1.82) is 0 Å². The summed E-state index contributed by atoms with van der Waals surface area (Å²) in [5, 5.41) is 3.45. The van der Waals surface area contributed by atoms with Crippen molar-refractivity contribution in [2.75, 3.05) is 24.6 Å². The summed E-state index contributed by atoms with van der Waals surface area (Å²) >= 11 is 0. The van der Waals surface area contributed by atoms with Crippen molar-refractivity contribution in [2.24, 2.45) is 5.92 Å². The highest BCUT2D eigenvalue weighted by Gasteiger charge is 2.52. The van der Waals surface area contributed by atoms with Gasteiger partial charge >= 0.3 is 6.03 Å². The Morgan fingerprint density at radius 2 is 2.03 bits per heavy atom. The fourth-order valence-corrected chi connectivity index (χ4v) is 6.06. The van der Waals surface area contributed by atoms with Crippen LogP contribution in [0.25, 0.3) is 11.0 Å². The van der Waals surface area contributed by atoms with Gasteiger partial charge in [-0.25, -0.2) is 13.2 Å². The zero-order chi connectivity index (χ0) is 23.3. The predicted octanol–water partition coefficient (Wildman–Crippen LogP) is 1.87. The summed E-state index contributed by atoms with van der Waals surface area (Å²) < 4.78 is 29.7. The highest BCUT2D eigenvalue weighted by molar-refractivity contribution is 7.91. The smallest absolute Gasteiger partial charge is 0.325 e. The summed E-state index contributed by atoms with van der Waals surface area (Å²) in [6.07, 6.45) is 0.359. The molecule has 2 fully saturated rings. The highest BCUT2D eigenvalue weighted by Crippen LogP contribution is 2.33. The number of fused-ring (bicyclic) bond motifs is 1. The zero-order valence-corrected chi connectivity index (χ0v) is 19.1. The minimum absolute atomic E-state index is 0.0345. The summed E-state index contributed by atoms with van der Waals surface area (Å²) in [4.78, 5) is 41.4.